The maximum atomic E-state index is 13.3. The topological polar surface area (TPSA) is 55.1 Å². The van der Waals surface area contributed by atoms with Gasteiger partial charge in [-0.25, -0.2) is 4.39 Å². The SMILES string of the molecule is CC(Nc1ccccc1Br)(C(N)=O)c1ccc(F)c(Cl)c1. The molecule has 0 bridgehead atoms. The zero-order valence-corrected chi connectivity index (χ0v) is 13.5. The van der Waals surface area contributed by atoms with E-state index < -0.39 is 17.3 Å². The fraction of sp³-hybridized carbons (Fsp3) is 0.133. The van der Waals surface area contributed by atoms with Gasteiger partial charge in [0.25, 0.3) is 0 Å². The number of hydrogen-bond donors (Lipinski definition) is 2. The molecule has 1 unspecified atom stereocenters. The molecule has 0 aliphatic rings. The van der Waals surface area contributed by atoms with Crippen molar-refractivity contribution in [1.29, 1.82) is 0 Å². The molecule has 2 aromatic carbocycles. The molecule has 0 spiro atoms. The lowest BCUT2D eigenvalue weighted by Gasteiger charge is -2.30. The van der Waals surface area contributed by atoms with Crippen LogP contribution in [0, 0.1) is 5.82 Å². The monoisotopic (exact) mass is 370 g/mol. The molecule has 1 atom stereocenters. The van der Waals surface area contributed by atoms with Gasteiger partial charge in [-0.05, 0) is 52.7 Å². The van der Waals surface area contributed by atoms with Crippen LogP contribution in [0.4, 0.5) is 10.1 Å². The fourth-order valence-electron chi connectivity index (χ4n) is 1.92. The number of rotatable bonds is 4. The van der Waals surface area contributed by atoms with Crippen LogP contribution in [0.25, 0.3) is 0 Å². The number of amides is 1. The lowest BCUT2D eigenvalue weighted by Crippen LogP contribution is -2.45. The second-order valence-corrected chi connectivity index (χ2v) is 5.98. The summed E-state index contributed by atoms with van der Waals surface area (Å²) in [5.41, 5.74) is 5.49. The molecule has 2 rings (SSSR count). The van der Waals surface area contributed by atoms with Gasteiger partial charge in [0, 0.05) is 10.2 Å². The summed E-state index contributed by atoms with van der Waals surface area (Å²) in [5, 5.41) is 3.02. The van der Waals surface area contributed by atoms with Crippen LogP contribution in [0.1, 0.15) is 12.5 Å². The van der Waals surface area contributed by atoms with Crippen molar-refractivity contribution in [2.24, 2.45) is 5.73 Å². The van der Waals surface area contributed by atoms with Crippen molar-refractivity contribution in [1.82, 2.24) is 0 Å². The molecule has 0 heterocycles. The number of carbonyl (C=O) groups is 1. The molecule has 110 valence electrons. The molecule has 3 N–H and O–H groups in total. The zero-order chi connectivity index (χ0) is 15.6. The van der Waals surface area contributed by atoms with Gasteiger partial charge in [0.15, 0.2) is 0 Å². The van der Waals surface area contributed by atoms with Crippen molar-refractivity contribution in [3.05, 3.63) is 63.3 Å². The second kappa shape index (κ2) is 6.03. The maximum absolute atomic E-state index is 13.3. The van der Waals surface area contributed by atoms with Crippen LogP contribution in [-0.2, 0) is 10.3 Å². The van der Waals surface area contributed by atoms with Crippen LogP contribution >= 0.6 is 27.5 Å². The molecular formula is C15H13BrClFN2O. The number of primary amides is 1. The quantitative estimate of drug-likeness (QED) is 0.852. The van der Waals surface area contributed by atoms with E-state index in [1.807, 2.05) is 18.2 Å². The lowest BCUT2D eigenvalue weighted by atomic mass is 9.90. The van der Waals surface area contributed by atoms with Crippen LogP contribution in [0.3, 0.4) is 0 Å². The highest BCUT2D eigenvalue weighted by atomic mass is 79.9. The van der Waals surface area contributed by atoms with E-state index in [1.54, 1.807) is 13.0 Å². The third-order valence-electron chi connectivity index (χ3n) is 3.25. The van der Waals surface area contributed by atoms with E-state index in [9.17, 15) is 9.18 Å². The first-order valence-corrected chi connectivity index (χ1v) is 7.30. The van der Waals surface area contributed by atoms with Gasteiger partial charge in [-0.3, -0.25) is 4.79 Å². The summed E-state index contributed by atoms with van der Waals surface area (Å²) in [5.74, 6) is -1.14. The van der Waals surface area contributed by atoms with Gasteiger partial charge in [-0.2, -0.15) is 0 Å². The summed E-state index contributed by atoms with van der Waals surface area (Å²) >= 11 is 9.19. The standard InChI is InChI=1S/C15H13BrClFN2O/c1-15(14(19)21,9-6-7-12(18)11(17)8-9)20-13-5-3-2-4-10(13)16/h2-8,20H,1H3,(H2,19,21). The van der Waals surface area contributed by atoms with E-state index in [0.717, 1.165) is 4.47 Å². The number of nitrogens with two attached hydrogens (primary N) is 1. The van der Waals surface area contributed by atoms with Crippen LogP contribution < -0.4 is 11.1 Å². The molecule has 0 saturated carbocycles. The average molecular weight is 372 g/mol. The van der Waals surface area contributed by atoms with Gasteiger partial charge in [0.1, 0.15) is 11.4 Å². The molecule has 0 fully saturated rings. The molecule has 1 amide bonds. The Morgan fingerprint density at radius 2 is 2.00 bits per heavy atom. The molecule has 2 aromatic rings. The maximum Gasteiger partial charge on any atom is 0.247 e. The van der Waals surface area contributed by atoms with Gasteiger partial charge < -0.3 is 11.1 Å². The van der Waals surface area contributed by atoms with Gasteiger partial charge in [0.05, 0.1) is 5.02 Å². The van der Waals surface area contributed by atoms with Crippen LogP contribution in [0.15, 0.2) is 46.9 Å². The number of benzene rings is 2. The molecular weight excluding hydrogens is 359 g/mol. The Morgan fingerprint density at radius 1 is 1.33 bits per heavy atom. The van der Waals surface area contributed by atoms with Crippen molar-refractivity contribution in [3.63, 3.8) is 0 Å². The van der Waals surface area contributed by atoms with E-state index >= 15 is 0 Å². The van der Waals surface area contributed by atoms with Gasteiger partial charge in [-0.1, -0.05) is 29.8 Å². The Morgan fingerprint density at radius 3 is 2.57 bits per heavy atom. The molecule has 0 aliphatic carbocycles. The van der Waals surface area contributed by atoms with E-state index in [1.165, 1.54) is 18.2 Å². The minimum atomic E-state index is -1.22. The predicted octanol–water partition coefficient (Wildman–Crippen LogP) is 4.05. The van der Waals surface area contributed by atoms with Crippen molar-refractivity contribution in [2.45, 2.75) is 12.5 Å². The van der Waals surface area contributed by atoms with E-state index in [-0.39, 0.29) is 5.02 Å². The molecule has 0 aromatic heterocycles. The minimum Gasteiger partial charge on any atom is -0.367 e. The molecule has 0 radical (unpaired) electrons. The first-order valence-electron chi connectivity index (χ1n) is 6.13. The van der Waals surface area contributed by atoms with Gasteiger partial charge in [0.2, 0.25) is 5.91 Å². The smallest absolute Gasteiger partial charge is 0.247 e. The Hall–Kier alpha value is -1.59. The normalized spacial score (nSPS) is 13.5. The zero-order valence-electron chi connectivity index (χ0n) is 11.2. The molecule has 6 heteroatoms. The fourth-order valence-corrected chi connectivity index (χ4v) is 2.48. The highest BCUT2D eigenvalue weighted by molar-refractivity contribution is 9.10. The van der Waals surface area contributed by atoms with Crippen molar-refractivity contribution in [2.75, 3.05) is 5.32 Å². The van der Waals surface area contributed by atoms with E-state index in [2.05, 4.69) is 21.2 Å². The summed E-state index contributed by atoms with van der Waals surface area (Å²) in [6, 6.07) is 11.4. The third-order valence-corrected chi connectivity index (χ3v) is 4.23. The van der Waals surface area contributed by atoms with Crippen LogP contribution in [-0.4, -0.2) is 5.91 Å². The summed E-state index contributed by atoms with van der Waals surface area (Å²) < 4.78 is 14.1. The number of hydrogen-bond acceptors (Lipinski definition) is 2. The van der Waals surface area contributed by atoms with Crippen LogP contribution in [0.2, 0.25) is 5.02 Å². The highest BCUT2D eigenvalue weighted by Crippen LogP contribution is 2.32. The van der Waals surface area contributed by atoms with E-state index in [4.69, 9.17) is 17.3 Å². The Kier molecular flexibility index (Phi) is 4.54. The molecule has 0 saturated heterocycles. The lowest BCUT2D eigenvalue weighted by molar-refractivity contribution is -0.122. The first-order chi connectivity index (χ1) is 9.84. The second-order valence-electron chi connectivity index (χ2n) is 4.72. The average Bonchev–Trinajstić information content (AvgIpc) is 2.44. The molecule has 0 aliphatic heterocycles. The number of nitrogens with one attached hydrogen (secondary N) is 1. The number of carbonyl (C=O) groups excluding carboxylic acids is 1. The van der Waals surface area contributed by atoms with Crippen LogP contribution in [0.5, 0.6) is 0 Å². The Labute approximate surface area is 135 Å². The van der Waals surface area contributed by atoms with Gasteiger partial charge in [-0.15, -0.1) is 0 Å². The molecule has 3 nitrogen and oxygen atoms in total. The third kappa shape index (κ3) is 3.19. The highest BCUT2D eigenvalue weighted by Gasteiger charge is 2.34. The van der Waals surface area contributed by atoms with E-state index in [0.29, 0.717) is 11.3 Å². The summed E-state index contributed by atoms with van der Waals surface area (Å²) in [4.78, 5) is 11.9. The number of halogens is 3. The predicted molar refractivity (Wildman–Crippen MR) is 85.7 cm³/mol. The Balaban J connectivity index is 2.48. The summed E-state index contributed by atoms with van der Waals surface area (Å²) in [6.07, 6.45) is 0. The van der Waals surface area contributed by atoms with Crippen molar-refractivity contribution in [3.8, 4) is 0 Å². The van der Waals surface area contributed by atoms with Crippen molar-refractivity contribution >= 4 is 39.1 Å². The summed E-state index contributed by atoms with van der Waals surface area (Å²) in [7, 11) is 0. The molecule has 21 heavy (non-hydrogen) atoms. The minimum absolute atomic E-state index is 0.0612. The number of para-hydroxylation sites is 1. The summed E-state index contributed by atoms with van der Waals surface area (Å²) in [6.45, 7) is 1.62. The Bertz CT molecular complexity index is 695. The first kappa shape index (κ1) is 15.8. The largest absolute Gasteiger partial charge is 0.367 e. The number of anilines is 1. The van der Waals surface area contributed by atoms with Gasteiger partial charge >= 0.3 is 0 Å². The van der Waals surface area contributed by atoms with Crippen molar-refractivity contribution < 1.29 is 9.18 Å².